The Labute approximate surface area is 122 Å². The molecule has 1 unspecified atom stereocenters. The number of hydrogen-bond acceptors (Lipinski definition) is 3. The summed E-state index contributed by atoms with van der Waals surface area (Å²) >= 11 is 0. The number of nitrogens with one attached hydrogen (secondary N) is 1. The summed E-state index contributed by atoms with van der Waals surface area (Å²) in [6.07, 6.45) is 3.05. The average Bonchev–Trinajstić information content (AvgIpc) is 2.46. The highest BCUT2D eigenvalue weighted by molar-refractivity contribution is 6.00. The minimum atomic E-state index is 0.0597. The molecular weight excluding hydrogens is 250 g/mol. The molecule has 1 aromatic carbocycles. The van der Waals surface area contributed by atoms with Crippen LogP contribution in [0.25, 0.3) is 0 Å². The van der Waals surface area contributed by atoms with E-state index in [2.05, 4.69) is 26.2 Å². The number of hydrazine groups is 1. The van der Waals surface area contributed by atoms with Gasteiger partial charge in [0.25, 0.3) is 5.91 Å². The average molecular weight is 277 g/mol. The van der Waals surface area contributed by atoms with Crippen molar-refractivity contribution in [1.29, 1.82) is 0 Å². The van der Waals surface area contributed by atoms with Crippen molar-refractivity contribution in [3.63, 3.8) is 0 Å². The Morgan fingerprint density at radius 1 is 1.40 bits per heavy atom. The highest BCUT2D eigenvalue weighted by Crippen LogP contribution is 2.20. The van der Waals surface area contributed by atoms with E-state index in [-0.39, 0.29) is 11.9 Å². The van der Waals surface area contributed by atoms with Gasteiger partial charge in [-0.05, 0) is 38.8 Å². The molecule has 112 valence electrons. The summed E-state index contributed by atoms with van der Waals surface area (Å²) in [5.74, 6) is 5.59. The lowest BCUT2D eigenvalue weighted by molar-refractivity contribution is 0.0686. The molecule has 1 rings (SSSR count). The van der Waals surface area contributed by atoms with Gasteiger partial charge in [-0.2, -0.15) is 0 Å². The van der Waals surface area contributed by atoms with Gasteiger partial charge in [-0.15, -0.1) is 0 Å². The molecule has 0 heterocycles. The molecule has 0 spiro atoms. The molecule has 0 fully saturated rings. The zero-order valence-electron chi connectivity index (χ0n) is 13.1. The fourth-order valence-electron chi connectivity index (χ4n) is 2.19. The van der Waals surface area contributed by atoms with Crippen molar-refractivity contribution in [2.24, 2.45) is 5.84 Å². The maximum Gasteiger partial charge on any atom is 0.256 e. The number of unbranched alkanes of at least 4 members (excludes halogenated alkanes) is 1. The molecule has 1 amide bonds. The first-order valence-corrected chi connectivity index (χ1v) is 7.43. The summed E-state index contributed by atoms with van der Waals surface area (Å²) in [6.45, 7) is 9.12. The lowest BCUT2D eigenvalue weighted by Crippen LogP contribution is -2.39. The van der Waals surface area contributed by atoms with Crippen LogP contribution in [0.15, 0.2) is 18.2 Å². The second-order valence-electron chi connectivity index (χ2n) is 5.30. The van der Waals surface area contributed by atoms with E-state index >= 15 is 0 Å². The van der Waals surface area contributed by atoms with Crippen LogP contribution < -0.4 is 11.3 Å². The molecule has 0 aliphatic rings. The normalized spacial score (nSPS) is 12.1. The van der Waals surface area contributed by atoms with Crippen LogP contribution in [0.1, 0.15) is 56.0 Å². The number of carbonyl (C=O) groups is 1. The van der Waals surface area contributed by atoms with Gasteiger partial charge in [0.2, 0.25) is 0 Å². The Balaban J connectivity index is 3.07. The highest BCUT2D eigenvalue weighted by Gasteiger charge is 2.22. The summed E-state index contributed by atoms with van der Waals surface area (Å²) in [4.78, 5) is 14.8. The maximum atomic E-state index is 12.8. The Bertz CT molecular complexity index is 445. The van der Waals surface area contributed by atoms with Crippen LogP contribution in [0.2, 0.25) is 0 Å². The van der Waals surface area contributed by atoms with Gasteiger partial charge in [0, 0.05) is 12.6 Å². The van der Waals surface area contributed by atoms with Crippen LogP contribution in [-0.4, -0.2) is 23.4 Å². The molecule has 1 atom stereocenters. The summed E-state index contributed by atoms with van der Waals surface area (Å²) in [5, 5.41) is 0. The first-order valence-electron chi connectivity index (χ1n) is 7.43. The zero-order chi connectivity index (χ0) is 15.1. The molecule has 1 aromatic rings. The molecule has 3 N–H and O–H groups in total. The van der Waals surface area contributed by atoms with Crippen LogP contribution in [0, 0.1) is 6.92 Å². The van der Waals surface area contributed by atoms with E-state index in [0.29, 0.717) is 11.3 Å². The third kappa shape index (κ3) is 3.97. The van der Waals surface area contributed by atoms with E-state index in [9.17, 15) is 4.79 Å². The number of nitrogens with zero attached hydrogens (tertiary/aromatic N) is 1. The molecule has 0 aliphatic carbocycles. The van der Waals surface area contributed by atoms with Crippen LogP contribution in [0.5, 0.6) is 0 Å². The van der Waals surface area contributed by atoms with E-state index in [0.717, 1.165) is 31.4 Å². The second kappa shape index (κ2) is 7.90. The number of nitrogens with two attached hydrogens (primary N) is 1. The first-order chi connectivity index (χ1) is 9.54. The fourth-order valence-corrected chi connectivity index (χ4v) is 2.19. The topological polar surface area (TPSA) is 58.4 Å². The third-order valence-electron chi connectivity index (χ3n) is 3.70. The maximum absolute atomic E-state index is 12.8. The van der Waals surface area contributed by atoms with Crippen LogP contribution in [-0.2, 0) is 0 Å². The number of carbonyl (C=O) groups excluding carboxylic acids is 1. The Kier molecular flexibility index (Phi) is 6.52. The lowest BCUT2D eigenvalue weighted by Gasteiger charge is -2.29. The van der Waals surface area contributed by atoms with E-state index in [1.165, 1.54) is 0 Å². The molecular formula is C16H27N3O. The minimum Gasteiger partial charge on any atom is -0.336 e. The lowest BCUT2D eigenvalue weighted by atomic mass is 10.1. The van der Waals surface area contributed by atoms with Crippen molar-refractivity contribution in [3.8, 4) is 0 Å². The molecule has 4 nitrogen and oxygen atoms in total. The van der Waals surface area contributed by atoms with E-state index < -0.39 is 0 Å². The summed E-state index contributed by atoms with van der Waals surface area (Å²) in [7, 11) is 0. The number of aryl methyl sites for hydroxylation is 1. The van der Waals surface area contributed by atoms with Gasteiger partial charge in [0.1, 0.15) is 0 Å². The van der Waals surface area contributed by atoms with Gasteiger partial charge in [-0.1, -0.05) is 31.9 Å². The Morgan fingerprint density at radius 2 is 2.10 bits per heavy atom. The monoisotopic (exact) mass is 277 g/mol. The van der Waals surface area contributed by atoms with Crippen molar-refractivity contribution >= 4 is 11.6 Å². The van der Waals surface area contributed by atoms with Crippen LogP contribution in [0.3, 0.4) is 0 Å². The van der Waals surface area contributed by atoms with E-state index in [1.54, 1.807) is 0 Å². The molecule has 4 heteroatoms. The van der Waals surface area contributed by atoms with Gasteiger partial charge in [0.05, 0.1) is 11.3 Å². The molecule has 20 heavy (non-hydrogen) atoms. The van der Waals surface area contributed by atoms with E-state index in [1.807, 2.05) is 30.0 Å². The smallest absolute Gasteiger partial charge is 0.256 e. The van der Waals surface area contributed by atoms with Crippen LogP contribution >= 0.6 is 0 Å². The van der Waals surface area contributed by atoms with Gasteiger partial charge >= 0.3 is 0 Å². The summed E-state index contributed by atoms with van der Waals surface area (Å²) in [6, 6.07) is 5.95. The quantitative estimate of drug-likeness (QED) is 0.594. The van der Waals surface area contributed by atoms with Crippen molar-refractivity contribution in [2.75, 3.05) is 12.0 Å². The number of nitrogen functional groups attached to an aromatic ring is 1. The Hall–Kier alpha value is -1.55. The highest BCUT2D eigenvalue weighted by atomic mass is 16.2. The molecule has 0 aliphatic heterocycles. The first kappa shape index (κ1) is 16.5. The fraction of sp³-hybridized carbons (Fsp3) is 0.562. The zero-order valence-corrected chi connectivity index (χ0v) is 13.1. The second-order valence-corrected chi connectivity index (χ2v) is 5.30. The number of amides is 1. The van der Waals surface area contributed by atoms with Gasteiger partial charge in [-0.25, -0.2) is 0 Å². The molecule has 0 aromatic heterocycles. The number of rotatable bonds is 7. The number of anilines is 1. The van der Waals surface area contributed by atoms with Crippen molar-refractivity contribution in [2.45, 2.75) is 53.0 Å². The molecule has 0 saturated heterocycles. The SMILES string of the molecule is CCCCN(C(=O)c1cc(C)ccc1NN)C(C)CC. The van der Waals surface area contributed by atoms with Gasteiger partial charge in [0.15, 0.2) is 0 Å². The van der Waals surface area contributed by atoms with Crippen LogP contribution in [0.4, 0.5) is 5.69 Å². The molecule has 0 saturated carbocycles. The molecule has 0 bridgehead atoms. The predicted octanol–water partition coefficient (Wildman–Crippen LogP) is 3.32. The number of benzene rings is 1. The third-order valence-corrected chi connectivity index (χ3v) is 3.70. The van der Waals surface area contributed by atoms with Crippen molar-refractivity contribution < 1.29 is 4.79 Å². The van der Waals surface area contributed by atoms with Gasteiger partial charge in [-0.3, -0.25) is 10.6 Å². The summed E-state index contributed by atoms with van der Waals surface area (Å²) in [5.41, 5.74) is 5.03. The van der Waals surface area contributed by atoms with Gasteiger partial charge < -0.3 is 10.3 Å². The number of hydrogen-bond donors (Lipinski definition) is 2. The molecule has 0 radical (unpaired) electrons. The standard InChI is InChI=1S/C16H27N3O/c1-5-7-10-19(13(4)6-2)16(20)14-11-12(3)8-9-15(14)18-17/h8-9,11,13,18H,5-7,10,17H2,1-4H3. The largest absolute Gasteiger partial charge is 0.336 e. The summed E-state index contributed by atoms with van der Waals surface area (Å²) < 4.78 is 0. The minimum absolute atomic E-state index is 0.0597. The van der Waals surface area contributed by atoms with Crippen molar-refractivity contribution in [3.05, 3.63) is 29.3 Å². The van der Waals surface area contributed by atoms with E-state index in [4.69, 9.17) is 5.84 Å². The Morgan fingerprint density at radius 3 is 2.65 bits per heavy atom. The van der Waals surface area contributed by atoms with Crippen molar-refractivity contribution in [1.82, 2.24) is 4.90 Å². The predicted molar refractivity (Wildman–Crippen MR) is 84.7 cm³/mol.